The van der Waals surface area contributed by atoms with Crippen LogP contribution in [0.4, 0.5) is 10.2 Å². The Hall–Kier alpha value is -0.950. The Kier molecular flexibility index (Phi) is 3.96. The van der Waals surface area contributed by atoms with Crippen molar-refractivity contribution in [3.05, 3.63) is 22.5 Å². The molecule has 1 aliphatic heterocycles. The van der Waals surface area contributed by atoms with E-state index in [1.54, 1.807) is 0 Å². The molecule has 0 bridgehead atoms. The number of ether oxygens (including phenoxy) is 1. The van der Waals surface area contributed by atoms with E-state index in [0.717, 1.165) is 12.6 Å². The number of hydrogen-bond acceptors (Lipinski definition) is 4. The van der Waals surface area contributed by atoms with Gasteiger partial charge in [0.15, 0.2) is 11.6 Å². The fourth-order valence-corrected chi connectivity index (χ4v) is 3.56. The van der Waals surface area contributed by atoms with E-state index in [0.29, 0.717) is 11.8 Å². The van der Waals surface area contributed by atoms with E-state index in [9.17, 15) is 9.18 Å². The maximum atomic E-state index is 13.5. The Balaban J connectivity index is 2.36. The molecule has 0 saturated carbocycles. The highest BCUT2D eigenvalue weighted by Gasteiger charge is 2.45. The first-order valence-corrected chi connectivity index (χ1v) is 7.33. The molecule has 3 atom stereocenters. The van der Waals surface area contributed by atoms with Gasteiger partial charge in [-0.3, -0.25) is 4.57 Å². The molecule has 1 saturated heterocycles. The van der Waals surface area contributed by atoms with Crippen LogP contribution in [-0.4, -0.2) is 20.5 Å². The van der Waals surface area contributed by atoms with Gasteiger partial charge in [0.25, 0.3) is 0 Å². The van der Waals surface area contributed by atoms with Gasteiger partial charge in [-0.05, 0) is 18.8 Å². The van der Waals surface area contributed by atoms with E-state index in [1.165, 1.54) is 4.57 Å². The first-order chi connectivity index (χ1) is 8.93. The summed E-state index contributed by atoms with van der Waals surface area (Å²) in [7, 11) is 0. The minimum absolute atomic E-state index is 0.259. The molecule has 0 aromatic carbocycles. The van der Waals surface area contributed by atoms with E-state index in [2.05, 4.69) is 27.8 Å². The summed E-state index contributed by atoms with van der Waals surface area (Å²) in [6, 6.07) is 0. The fourth-order valence-electron chi connectivity index (χ4n) is 2.48. The van der Waals surface area contributed by atoms with Gasteiger partial charge in [0.2, 0.25) is 0 Å². The standard InChI is InChI=1S/C12H17BrFN3O2/c1-3-12(6-13)7(2)4-9(19-12)17-5-8(14)10(15)16-11(17)18/h5,7,9H,3-4,6H2,1-2H3,(H2,15,16,18)/t7-,9+,12-/m0/s1. The van der Waals surface area contributed by atoms with Gasteiger partial charge in [0.05, 0.1) is 11.8 Å². The third-order valence-corrected chi connectivity index (χ3v) is 4.84. The SMILES string of the molecule is CC[C@@]1(CBr)O[C@@H](n2cc(F)c(N)nc2=O)C[C@@H]1C. The molecule has 0 amide bonds. The van der Waals surface area contributed by atoms with Crippen LogP contribution in [0.2, 0.25) is 0 Å². The second-order valence-corrected chi connectivity index (χ2v) is 5.49. The van der Waals surface area contributed by atoms with Crippen LogP contribution in [0.5, 0.6) is 0 Å². The predicted octanol–water partition coefficient (Wildman–Crippen LogP) is 2.06. The lowest BCUT2D eigenvalue weighted by atomic mass is 9.88. The third kappa shape index (κ3) is 2.41. The number of alkyl halides is 1. The van der Waals surface area contributed by atoms with Crippen molar-refractivity contribution in [1.82, 2.24) is 9.55 Å². The number of nitrogens with two attached hydrogens (primary N) is 1. The second-order valence-electron chi connectivity index (χ2n) is 4.93. The van der Waals surface area contributed by atoms with Crippen LogP contribution in [-0.2, 0) is 4.74 Å². The highest BCUT2D eigenvalue weighted by Crippen LogP contribution is 2.43. The van der Waals surface area contributed by atoms with E-state index in [1.807, 2.05) is 6.92 Å². The minimum Gasteiger partial charge on any atom is -0.381 e. The van der Waals surface area contributed by atoms with Crippen LogP contribution in [0.25, 0.3) is 0 Å². The Bertz CT molecular complexity index is 530. The summed E-state index contributed by atoms with van der Waals surface area (Å²) in [6.07, 6.45) is 2.03. The molecule has 2 rings (SSSR count). The highest BCUT2D eigenvalue weighted by molar-refractivity contribution is 9.09. The van der Waals surface area contributed by atoms with Crippen molar-refractivity contribution in [2.45, 2.75) is 38.5 Å². The van der Waals surface area contributed by atoms with Crippen molar-refractivity contribution in [3.63, 3.8) is 0 Å². The van der Waals surface area contributed by atoms with Gasteiger partial charge in [-0.15, -0.1) is 0 Å². The lowest BCUT2D eigenvalue weighted by Crippen LogP contribution is -2.36. The average Bonchev–Trinajstić information content (AvgIpc) is 2.71. The lowest BCUT2D eigenvalue weighted by molar-refractivity contribution is -0.0713. The maximum absolute atomic E-state index is 13.5. The van der Waals surface area contributed by atoms with Crippen LogP contribution in [0.3, 0.4) is 0 Å². The molecule has 1 aliphatic rings. The summed E-state index contributed by atoms with van der Waals surface area (Å²) >= 11 is 3.46. The van der Waals surface area contributed by atoms with Crippen LogP contribution < -0.4 is 11.4 Å². The number of nitrogen functional groups attached to an aromatic ring is 1. The summed E-state index contributed by atoms with van der Waals surface area (Å²) < 4.78 is 20.6. The number of hydrogen-bond donors (Lipinski definition) is 1. The first-order valence-electron chi connectivity index (χ1n) is 6.21. The first kappa shape index (κ1) is 14.5. The molecule has 0 radical (unpaired) electrons. The van der Waals surface area contributed by atoms with E-state index >= 15 is 0 Å². The molecule has 1 aromatic heterocycles. The fraction of sp³-hybridized carbons (Fsp3) is 0.667. The minimum atomic E-state index is -0.705. The summed E-state index contributed by atoms with van der Waals surface area (Å²) in [5.74, 6) is -0.826. The zero-order chi connectivity index (χ0) is 14.2. The van der Waals surface area contributed by atoms with Crippen molar-refractivity contribution in [2.75, 3.05) is 11.1 Å². The molecule has 2 N–H and O–H groups in total. The van der Waals surface area contributed by atoms with Gasteiger partial charge < -0.3 is 10.5 Å². The van der Waals surface area contributed by atoms with Crippen LogP contribution in [0, 0.1) is 11.7 Å². The Morgan fingerprint density at radius 1 is 1.74 bits per heavy atom. The van der Waals surface area contributed by atoms with E-state index in [-0.39, 0.29) is 17.3 Å². The summed E-state index contributed by atoms with van der Waals surface area (Å²) in [6.45, 7) is 4.10. The van der Waals surface area contributed by atoms with Gasteiger partial charge >= 0.3 is 5.69 Å². The number of anilines is 1. The molecule has 106 valence electrons. The Morgan fingerprint density at radius 2 is 2.42 bits per heavy atom. The monoisotopic (exact) mass is 333 g/mol. The highest BCUT2D eigenvalue weighted by atomic mass is 79.9. The molecule has 1 aromatic rings. The van der Waals surface area contributed by atoms with Gasteiger partial charge in [-0.2, -0.15) is 4.98 Å². The van der Waals surface area contributed by atoms with E-state index < -0.39 is 17.7 Å². The molecular formula is C12H17BrFN3O2. The lowest BCUT2D eigenvalue weighted by Gasteiger charge is -2.29. The summed E-state index contributed by atoms with van der Waals surface area (Å²) in [5.41, 5.74) is 4.36. The van der Waals surface area contributed by atoms with Crippen LogP contribution >= 0.6 is 15.9 Å². The van der Waals surface area contributed by atoms with Gasteiger partial charge in [-0.1, -0.05) is 29.8 Å². The van der Waals surface area contributed by atoms with Crippen molar-refractivity contribution in [3.8, 4) is 0 Å². The van der Waals surface area contributed by atoms with Gasteiger partial charge in [-0.25, -0.2) is 9.18 Å². The molecule has 1 fully saturated rings. The van der Waals surface area contributed by atoms with Gasteiger partial charge in [0.1, 0.15) is 6.23 Å². The normalized spacial score (nSPS) is 30.7. The smallest absolute Gasteiger partial charge is 0.351 e. The summed E-state index contributed by atoms with van der Waals surface area (Å²) in [5, 5.41) is 0.674. The molecule has 19 heavy (non-hydrogen) atoms. The third-order valence-electron chi connectivity index (χ3n) is 3.89. The molecule has 0 unspecified atom stereocenters. The predicted molar refractivity (Wildman–Crippen MR) is 73.6 cm³/mol. The number of rotatable bonds is 3. The van der Waals surface area contributed by atoms with Crippen LogP contribution in [0.1, 0.15) is 32.9 Å². The topological polar surface area (TPSA) is 70.1 Å². The second kappa shape index (κ2) is 5.20. The average molecular weight is 334 g/mol. The zero-order valence-corrected chi connectivity index (χ0v) is 12.5. The largest absolute Gasteiger partial charge is 0.381 e. The van der Waals surface area contributed by atoms with Crippen LogP contribution in [0.15, 0.2) is 11.0 Å². The van der Waals surface area contributed by atoms with Gasteiger partial charge in [0, 0.05) is 5.33 Å². The number of halogens is 2. The molecule has 7 heteroatoms. The van der Waals surface area contributed by atoms with Crippen molar-refractivity contribution < 1.29 is 9.13 Å². The maximum Gasteiger partial charge on any atom is 0.351 e. The van der Waals surface area contributed by atoms with Crippen molar-refractivity contribution in [2.24, 2.45) is 5.92 Å². The number of aromatic nitrogens is 2. The molecule has 5 nitrogen and oxygen atoms in total. The molecular weight excluding hydrogens is 317 g/mol. The Morgan fingerprint density at radius 3 is 2.95 bits per heavy atom. The van der Waals surface area contributed by atoms with E-state index in [4.69, 9.17) is 10.5 Å². The van der Waals surface area contributed by atoms with Crippen molar-refractivity contribution >= 4 is 21.7 Å². The molecule has 2 heterocycles. The quantitative estimate of drug-likeness (QED) is 0.859. The zero-order valence-electron chi connectivity index (χ0n) is 10.9. The number of nitrogens with zero attached hydrogens (tertiary/aromatic N) is 2. The summed E-state index contributed by atoms with van der Waals surface area (Å²) in [4.78, 5) is 15.2. The van der Waals surface area contributed by atoms with Crippen molar-refractivity contribution in [1.29, 1.82) is 0 Å². The molecule has 0 spiro atoms. The molecule has 0 aliphatic carbocycles. The Labute approximate surface area is 119 Å².